The third kappa shape index (κ3) is 2.69. The lowest BCUT2D eigenvalue weighted by atomic mass is 10.1. The second kappa shape index (κ2) is 5.49. The summed E-state index contributed by atoms with van der Waals surface area (Å²) in [4.78, 5) is 12.8. The largest absolute Gasteiger partial charge is 0.355 e. The van der Waals surface area contributed by atoms with Gasteiger partial charge in [-0.1, -0.05) is 0 Å². The van der Waals surface area contributed by atoms with Gasteiger partial charge in [-0.25, -0.2) is 9.98 Å². The molecule has 0 saturated carbocycles. The molecule has 3 nitrogen and oxygen atoms in total. The van der Waals surface area contributed by atoms with Crippen molar-refractivity contribution in [3.05, 3.63) is 81.7 Å². The van der Waals surface area contributed by atoms with Gasteiger partial charge >= 0.3 is 0 Å². The Hall–Kier alpha value is -2.59. The van der Waals surface area contributed by atoms with Crippen molar-refractivity contribution in [1.29, 1.82) is 0 Å². The van der Waals surface area contributed by atoms with Crippen molar-refractivity contribution in [3.8, 4) is 0 Å². The van der Waals surface area contributed by atoms with Crippen LogP contribution < -0.4 is 10.7 Å². The van der Waals surface area contributed by atoms with E-state index >= 15 is 0 Å². The molecule has 0 radical (unpaired) electrons. The van der Waals surface area contributed by atoms with E-state index in [-0.39, 0.29) is 0 Å². The Morgan fingerprint density at radius 2 is 1.62 bits per heavy atom. The van der Waals surface area contributed by atoms with E-state index in [1.54, 1.807) is 0 Å². The maximum Gasteiger partial charge on any atom is 0.0659 e. The molecular formula is C20H15N3S. The molecule has 0 aromatic carbocycles. The quantitative estimate of drug-likeness (QED) is 0.781. The number of hydrogen-bond donors (Lipinski definition) is 1. The number of nitrogens with one attached hydrogen (secondary N) is 1. The molecule has 0 fully saturated rings. The number of aromatic amines is 1. The van der Waals surface area contributed by atoms with Crippen LogP contribution in [0.4, 0.5) is 0 Å². The summed E-state index contributed by atoms with van der Waals surface area (Å²) in [6.07, 6.45) is 17.8. The third-order valence-electron chi connectivity index (χ3n) is 4.23. The van der Waals surface area contributed by atoms with Gasteiger partial charge in [0.15, 0.2) is 0 Å². The molecule has 5 rings (SSSR count). The molecule has 0 saturated heterocycles. The molecule has 1 aromatic heterocycles. The fourth-order valence-corrected chi connectivity index (χ4v) is 4.14. The molecule has 0 amide bonds. The minimum atomic E-state index is 0.455. The van der Waals surface area contributed by atoms with Crippen LogP contribution in [0.15, 0.2) is 80.9 Å². The van der Waals surface area contributed by atoms with Crippen molar-refractivity contribution >= 4 is 35.3 Å². The van der Waals surface area contributed by atoms with Crippen LogP contribution in [-0.2, 0) is 0 Å². The fraction of sp³-hybridized carbons (Fsp3) is 0.100. The number of allylic oxidation sites excluding steroid dienone is 6. The molecule has 1 unspecified atom stereocenters. The molecule has 24 heavy (non-hydrogen) atoms. The SMILES string of the molecule is C1=C/C2=C/C3=NC(=C\C4CC(=CS4)/C=c4/cc/c([nH]4)=C/C1=N2)/C=C3. The predicted molar refractivity (Wildman–Crippen MR) is 102 cm³/mol. The lowest BCUT2D eigenvalue weighted by molar-refractivity contribution is 1.05. The van der Waals surface area contributed by atoms with Gasteiger partial charge in [-0.2, -0.15) is 0 Å². The van der Waals surface area contributed by atoms with Crippen LogP contribution in [0.1, 0.15) is 6.42 Å². The van der Waals surface area contributed by atoms with E-state index in [4.69, 9.17) is 0 Å². The predicted octanol–water partition coefficient (Wildman–Crippen LogP) is 2.77. The summed E-state index contributed by atoms with van der Waals surface area (Å²) in [5.74, 6) is 0. The van der Waals surface area contributed by atoms with E-state index in [0.717, 1.165) is 39.9 Å². The highest BCUT2D eigenvalue weighted by Crippen LogP contribution is 2.33. The third-order valence-corrected chi connectivity index (χ3v) is 5.32. The second-order valence-corrected chi connectivity index (χ2v) is 7.24. The Morgan fingerprint density at radius 3 is 2.54 bits per heavy atom. The molecule has 1 aromatic rings. The van der Waals surface area contributed by atoms with Crippen molar-refractivity contribution in [2.45, 2.75) is 11.7 Å². The first-order valence-electron chi connectivity index (χ1n) is 8.00. The summed E-state index contributed by atoms with van der Waals surface area (Å²) in [5.41, 5.74) is 5.25. The van der Waals surface area contributed by atoms with Gasteiger partial charge in [0.25, 0.3) is 0 Å². The molecule has 4 heteroatoms. The second-order valence-electron chi connectivity index (χ2n) is 6.13. The van der Waals surface area contributed by atoms with Crippen molar-refractivity contribution in [2.24, 2.45) is 9.98 Å². The highest BCUT2D eigenvalue weighted by molar-refractivity contribution is 8.03. The molecule has 5 heterocycles. The van der Waals surface area contributed by atoms with E-state index < -0.39 is 0 Å². The number of aromatic nitrogens is 1. The van der Waals surface area contributed by atoms with Gasteiger partial charge in [0.1, 0.15) is 0 Å². The number of hydrogen-bond acceptors (Lipinski definition) is 3. The van der Waals surface area contributed by atoms with Gasteiger partial charge in [0.05, 0.1) is 22.8 Å². The highest BCUT2D eigenvalue weighted by atomic mass is 32.2. The van der Waals surface area contributed by atoms with Crippen LogP contribution >= 0.6 is 11.8 Å². The first-order valence-corrected chi connectivity index (χ1v) is 8.95. The number of rotatable bonds is 0. The van der Waals surface area contributed by atoms with Crippen molar-refractivity contribution in [2.75, 3.05) is 0 Å². The summed E-state index contributed by atoms with van der Waals surface area (Å²) in [7, 11) is 0. The molecule has 1 atom stereocenters. The van der Waals surface area contributed by atoms with E-state index in [9.17, 15) is 0 Å². The van der Waals surface area contributed by atoms with Crippen LogP contribution in [0.3, 0.4) is 0 Å². The molecule has 116 valence electrons. The molecular weight excluding hydrogens is 314 g/mol. The van der Waals surface area contributed by atoms with Gasteiger partial charge in [0.2, 0.25) is 0 Å². The van der Waals surface area contributed by atoms with E-state index in [1.165, 1.54) is 5.57 Å². The van der Waals surface area contributed by atoms with Crippen molar-refractivity contribution in [1.82, 2.24) is 4.98 Å². The number of aliphatic imine (C=N–C) groups is 2. The zero-order valence-corrected chi connectivity index (χ0v) is 13.8. The fourth-order valence-electron chi connectivity index (χ4n) is 3.12. The number of thioether (sulfide) groups is 1. The van der Waals surface area contributed by atoms with E-state index in [0.29, 0.717) is 5.25 Å². The lowest BCUT2D eigenvalue weighted by Gasteiger charge is -2.02. The maximum atomic E-state index is 4.69. The average molecular weight is 329 g/mol. The van der Waals surface area contributed by atoms with Gasteiger partial charge in [-0.05, 0) is 78.1 Å². The smallest absolute Gasteiger partial charge is 0.0659 e. The molecule has 1 N–H and O–H groups in total. The zero-order chi connectivity index (χ0) is 15.9. The monoisotopic (exact) mass is 329 g/mol. The molecule has 8 bridgehead atoms. The van der Waals surface area contributed by atoms with Crippen molar-refractivity contribution in [3.63, 3.8) is 0 Å². The van der Waals surface area contributed by atoms with Crippen LogP contribution in [0.25, 0.3) is 12.2 Å². The van der Waals surface area contributed by atoms with Gasteiger partial charge in [-0.15, -0.1) is 11.8 Å². The summed E-state index contributed by atoms with van der Waals surface area (Å²) in [6.45, 7) is 0. The summed E-state index contributed by atoms with van der Waals surface area (Å²) in [6, 6.07) is 4.21. The van der Waals surface area contributed by atoms with Crippen LogP contribution in [0.5, 0.6) is 0 Å². The number of nitrogens with zero attached hydrogens (tertiary/aromatic N) is 2. The Labute approximate surface area is 144 Å². The average Bonchev–Trinajstić information content (AvgIpc) is 3.32. The van der Waals surface area contributed by atoms with E-state index in [2.05, 4.69) is 62.9 Å². The topological polar surface area (TPSA) is 40.5 Å². The van der Waals surface area contributed by atoms with E-state index in [1.807, 2.05) is 30.0 Å². The maximum absolute atomic E-state index is 4.69. The zero-order valence-electron chi connectivity index (χ0n) is 12.9. The Balaban J connectivity index is 1.65. The minimum Gasteiger partial charge on any atom is -0.355 e. The standard InChI is InChI=1S/C20H15N3S/c1-2-15-9-16-3-4-17(22-16)10-18-5-6-19(23-18)11-20-8-13(12-24-20)7-14(1)21-15/h1-7,9-12,20-21H,8H2/b14-7-,15-9-,17-10-,19-11-. The van der Waals surface area contributed by atoms with Gasteiger partial charge in [0, 0.05) is 15.9 Å². The minimum absolute atomic E-state index is 0.455. The summed E-state index contributed by atoms with van der Waals surface area (Å²) in [5, 5.41) is 4.91. The highest BCUT2D eigenvalue weighted by Gasteiger charge is 2.16. The molecule has 4 aliphatic heterocycles. The van der Waals surface area contributed by atoms with Crippen LogP contribution in [-0.4, -0.2) is 21.7 Å². The molecule has 4 aliphatic rings. The lowest BCUT2D eigenvalue weighted by Crippen LogP contribution is -2.11. The van der Waals surface area contributed by atoms with Gasteiger partial charge in [-0.3, -0.25) is 0 Å². The van der Waals surface area contributed by atoms with Crippen LogP contribution in [0.2, 0.25) is 0 Å². The number of fused-ring (bicyclic) bond motifs is 6. The molecule has 0 aliphatic carbocycles. The first-order chi connectivity index (χ1) is 11.8. The Bertz CT molecular complexity index is 1050. The van der Waals surface area contributed by atoms with Gasteiger partial charge < -0.3 is 4.98 Å². The molecule has 0 spiro atoms. The normalized spacial score (nSPS) is 31.0. The summed E-state index contributed by atoms with van der Waals surface area (Å²) < 4.78 is 0. The number of H-pyrrole nitrogens is 1. The summed E-state index contributed by atoms with van der Waals surface area (Å²) >= 11 is 1.86. The van der Waals surface area contributed by atoms with Crippen molar-refractivity contribution < 1.29 is 0 Å². The Morgan fingerprint density at radius 1 is 0.875 bits per heavy atom. The van der Waals surface area contributed by atoms with Crippen LogP contribution in [0, 0.1) is 0 Å². The Kier molecular flexibility index (Phi) is 3.16. The first kappa shape index (κ1) is 13.8.